The molecule has 2 aromatic rings. The van der Waals surface area contributed by atoms with Gasteiger partial charge >= 0.3 is 58.2 Å². The largest absolute Gasteiger partial charge is 1.00 e. The molecule has 2 unspecified atom stereocenters. The number of para-hydroxylation sites is 1. The van der Waals surface area contributed by atoms with Gasteiger partial charge in [-0.05, 0) is 12.1 Å². The average molecular weight is 609 g/mol. The van der Waals surface area contributed by atoms with Gasteiger partial charge in [-0.2, -0.15) is 11.6 Å². The molecule has 0 aromatic heterocycles. The van der Waals surface area contributed by atoms with E-state index in [2.05, 4.69) is 10.1 Å². The van der Waals surface area contributed by atoms with Crippen LogP contribution in [-0.4, -0.2) is 17.4 Å². The second-order valence-corrected chi connectivity index (χ2v) is 7.18. The van der Waals surface area contributed by atoms with Crippen LogP contribution in [0.15, 0.2) is 53.3 Å². The van der Waals surface area contributed by atoms with Gasteiger partial charge in [0.15, 0.2) is 0 Å². The molecule has 0 spiro atoms. The minimum atomic E-state index is -2.42. The number of fused-ring (bicyclic) bond motifs is 2. The number of carbonyl (C=O) groups is 2. The van der Waals surface area contributed by atoms with Crippen LogP contribution in [0.5, 0.6) is 0 Å². The number of Topliss-reactive ketones (excluding diaryl/α,β-unsaturated/α-hetero) is 2. The van der Waals surface area contributed by atoms with Crippen molar-refractivity contribution in [1.82, 2.24) is 0 Å². The number of ketones is 2. The molecule has 2 atom stereocenters. The minimum absolute atomic E-state index is 0. The molecule has 8 heteroatoms. The zero-order valence-electron chi connectivity index (χ0n) is 14.2. The first-order valence-electron chi connectivity index (χ1n) is 7.58. The van der Waals surface area contributed by atoms with Gasteiger partial charge in [-0.15, -0.1) is 18.1 Å². The second-order valence-electron chi connectivity index (χ2n) is 5.80. The van der Waals surface area contributed by atoms with Gasteiger partial charge in [-0.25, -0.2) is 4.76 Å². The smallest absolute Gasteiger partial charge is 0.342 e. The van der Waals surface area contributed by atoms with Gasteiger partial charge in [0.2, 0.25) is 7.95 Å². The first kappa shape index (κ1) is 22.1. The van der Waals surface area contributed by atoms with E-state index in [1.54, 1.807) is 55.5 Å². The zero-order valence-corrected chi connectivity index (χ0v) is 22.9. The molecule has 4 rings (SSSR count). The third-order valence-corrected chi connectivity index (χ3v) is 5.75. The monoisotopic (exact) mass is 609 g/mol. The summed E-state index contributed by atoms with van der Waals surface area (Å²) >= 11 is 0. The summed E-state index contributed by atoms with van der Waals surface area (Å²) in [5, 5.41) is 3.64. The maximum atomic E-state index is 12.8. The third kappa shape index (κ3) is 3.71. The molecule has 1 heterocycles. The fourth-order valence-corrected chi connectivity index (χ4v) is 4.29. The summed E-state index contributed by atoms with van der Waals surface area (Å²) < 4.78 is 16.6. The van der Waals surface area contributed by atoms with Crippen LogP contribution >= 0.6 is 7.95 Å². The van der Waals surface area contributed by atoms with Gasteiger partial charge in [-0.1, -0.05) is 30.7 Å². The van der Waals surface area contributed by atoms with E-state index >= 15 is 0 Å². The van der Waals surface area contributed by atoms with Crippen molar-refractivity contribution in [2.75, 3.05) is 5.32 Å². The predicted molar refractivity (Wildman–Crippen MR) is 93.4 cm³/mol. The molecule has 2 aliphatic rings. The molecule has 1 aliphatic heterocycles. The predicted octanol–water partition coefficient (Wildman–Crippen LogP) is -0.364. The van der Waals surface area contributed by atoms with E-state index in [9.17, 15) is 14.2 Å². The molecule has 127 valence electrons. The van der Waals surface area contributed by atoms with Gasteiger partial charge in [0.1, 0.15) is 23.3 Å². The third-order valence-electron chi connectivity index (χ3n) is 4.41. The van der Waals surface area contributed by atoms with Crippen LogP contribution in [0.3, 0.4) is 0 Å². The molecular weight excluding hydrogens is 595 g/mol. The van der Waals surface area contributed by atoms with Gasteiger partial charge in [0.05, 0.1) is 11.0 Å². The van der Waals surface area contributed by atoms with Gasteiger partial charge < -0.3 is 14.9 Å². The Morgan fingerprint density at radius 3 is 2.50 bits per heavy atom. The van der Waals surface area contributed by atoms with E-state index in [4.69, 9.17) is 0 Å². The number of amidine groups is 1. The van der Waals surface area contributed by atoms with Crippen molar-refractivity contribution < 1.29 is 92.8 Å². The Bertz CT molecular complexity index is 948. The first-order valence-corrected chi connectivity index (χ1v) is 8.94. The van der Waals surface area contributed by atoms with Crippen LogP contribution in [-0.2, 0) is 29.8 Å². The topological polar surface area (TPSA) is 75.6 Å². The summed E-state index contributed by atoms with van der Waals surface area (Å²) in [4.78, 5) is 25.6. The summed E-state index contributed by atoms with van der Waals surface area (Å²) in [5.74, 6) is -0.942. The molecule has 5 nitrogen and oxygen atoms in total. The van der Waals surface area contributed by atoms with E-state index in [0.29, 0.717) is 28.0 Å². The Kier molecular flexibility index (Phi) is 7.55. The van der Waals surface area contributed by atoms with Gasteiger partial charge in [0.25, 0.3) is 0 Å². The number of rotatable bonds is 1. The molecule has 0 fully saturated rings. The number of nitrogens with zero attached hydrogens (tertiary/aromatic N) is 1. The fraction of sp³-hybridized carbons (Fsp3) is 0.111. The summed E-state index contributed by atoms with van der Waals surface area (Å²) in [5.41, 5.74) is 1.80. The first-order chi connectivity index (χ1) is 11.6. The Morgan fingerprint density at radius 2 is 1.73 bits per heavy atom. The molecule has 0 bridgehead atoms. The van der Waals surface area contributed by atoms with Crippen molar-refractivity contribution in [2.24, 2.45) is 10.7 Å². The molecular formula is C18H14N2O3PRbRe. The Hall–Kier alpha value is -0.182. The van der Waals surface area contributed by atoms with E-state index in [1.807, 2.05) is 0 Å². The Balaban J connectivity index is 0.00000121. The summed E-state index contributed by atoms with van der Waals surface area (Å²) in [6.45, 7) is 1.71. The number of benzene rings is 2. The molecule has 2 aromatic carbocycles. The van der Waals surface area contributed by atoms with Crippen molar-refractivity contribution in [2.45, 2.75) is 6.92 Å². The minimum Gasteiger partial charge on any atom is -0.342 e. The molecule has 1 aliphatic carbocycles. The van der Waals surface area contributed by atoms with Crippen molar-refractivity contribution in [3.63, 3.8) is 0 Å². The van der Waals surface area contributed by atoms with Crippen LogP contribution in [0.2, 0.25) is 0 Å². The van der Waals surface area contributed by atoms with Crippen molar-refractivity contribution >= 4 is 36.3 Å². The summed E-state index contributed by atoms with van der Waals surface area (Å²) in [6.07, 6.45) is 0. The Labute approximate surface area is 214 Å². The molecule has 0 saturated carbocycles. The van der Waals surface area contributed by atoms with Gasteiger partial charge in [-0.3, -0.25) is 4.57 Å². The van der Waals surface area contributed by atoms with Crippen molar-refractivity contribution in [3.05, 3.63) is 65.6 Å². The molecule has 1 N–H and O–H groups in total. The number of anilines is 1. The SMILES string of the molecule is C[C-]1C(=O)C(C2=N[PH](=O)c3ccccc3N2)C(=O)c2ccccc21.[Rb+].[Re]. The van der Waals surface area contributed by atoms with Crippen molar-refractivity contribution in [1.29, 1.82) is 0 Å². The van der Waals surface area contributed by atoms with E-state index in [1.165, 1.54) is 0 Å². The van der Waals surface area contributed by atoms with E-state index < -0.39 is 13.9 Å². The van der Waals surface area contributed by atoms with E-state index in [0.717, 1.165) is 0 Å². The van der Waals surface area contributed by atoms with Crippen LogP contribution < -0.4 is 68.8 Å². The summed E-state index contributed by atoms with van der Waals surface area (Å²) in [6, 6.07) is 14.2. The molecule has 26 heavy (non-hydrogen) atoms. The summed E-state index contributed by atoms with van der Waals surface area (Å²) in [7, 11) is -2.42. The van der Waals surface area contributed by atoms with Crippen LogP contribution in [0.1, 0.15) is 22.8 Å². The average Bonchev–Trinajstić information content (AvgIpc) is 2.60. The van der Waals surface area contributed by atoms with E-state index in [-0.39, 0.29) is 96.0 Å². The molecule has 0 saturated heterocycles. The maximum Gasteiger partial charge on any atom is 1.00 e. The Morgan fingerprint density at radius 1 is 1.08 bits per heavy atom. The number of hydrogen-bond donors (Lipinski definition) is 1. The van der Waals surface area contributed by atoms with Crippen LogP contribution in [0.4, 0.5) is 5.69 Å². The maximum absolute atomic E-state index is 12.8. The number of hydrogen-bond acceptors (Lipinski definition) is 4. The molecule has 0 amide bonds. The standard InChI is InChI=1S/C18H14N2O3P.Rb.Re/c1-10-11-6-2-3-7-12(11)17(22)15(16(10)21)18-19-13-8-4-5-9-14(13)24(23)20-18;;/h2-9,15,24H,1H3,(H,19,20,23);;/q-1;+1;. The second kappa shape index (κ2) is 8.88. The quantitative estimate of drug-likeness (QED) is 0.273. The van der Waals surface area contributed by atoms with Crippen molar-refractivity contribution in [3.8, 4) is 0 Å². The van der Waals surface area contributed by atoms with Crippen LogP contribution in [0, 0.1) is 11.8 Å². The number of nitrogens with one attached hydrogen (secondary N) is 1. The molecule has 1 radical (unpaired) electrons. The van der Waals surface area contributed by atoms with Gasteiger partial charge in [0, 0.05) is 20.4 Å². The fourth-order valence-electron chi connectivity index (χ4n) is 3.15. The van der Waals surface area contributed by atoms with Crippen LogP contribution in [0.25, 0.3) is 0 Å². The zero-order chi connectivity index (χ0) is 16.8. The number of carbonyl (C=O) groups excluding carboxylic acids is 2. The normalized spacial score (nSPS) is 20.7.